The predicted octanol–water partition coefficient (Wildman–Crippen LogP) is 8.42. The summed E-state index contributed by atoms with van der Waals surface area (Å²) in [7, 11) is -2.52. The molecular formula is C37H36N9O3P. The molecule has 0 fully saturated rings. The summed E-state index contributed by atoms with van der Waals surface area (Å²) in [6.07, 6.45) is 3.38. The molecule has 0 aliphatic rings. The van der Waals surface area contributed by atoms with Gasteiger partial charge in [-0.1, -0.05) is 57.2 Å². The molecular weight excluding hydrogens is 649 g/mol. The molecule has 0 aliphatic carbocycles. The number of aromatic amines is 1. The minimum absolute atomic E-state index is 0.276. The lowest BCUT2D eigenvalue weighted by molar-refractivity contribution is 0.262. The lowest BCUT2D eigenvalue weighted by Gasteiger charge is -2.15. The minimum atomic E-state index is -2.52. The van der Waals surface area contributed by atoms with Crippen LogP contribution in [0.25, 0.3) is 27.4 Å². The van der Waals surface area contributed by atoms with Crippen molar-refractivity contribution in [2.24, 2.45) is 0 Å². The van der Waals surface area contributed by atoms with E-state index in [1.807, 2.05) is 72.8 Å². The number of H-pyrrole nitrogens is 1. The fraction of sp³-hybridized carbons (Fsp3) is 0.162. The average Bonchev–Trinajstić information content (AvgIpc) is 3.73. The highest BCUT2D eigenvalue weighted by molar-refractivity contribution is 7.70. The van der Waals surface area contributed by atoms with Crippen molar-refractivity contribution in [3.05, 3.63) is 109 Å². The smallest absolute Gasteiger partial charge is 0.324 e. The first-order valence-corrected chi connectivity index (χ1v) is 18.6. The van der Waals surface area contributed by atoms with E-state index in [1.54, 1.807) is 48.6 Å². The Labute approximate surface area is 288 Å². The van der Waals surface area contributed by atoms with Gasteiger partial charge in [0.05, 0.1) is 28.8 Å². The Balaban J connectivity index is 1.12. The summed E-state index contributed by atoms with van der Waals surface area (Å²) in [5.41, 5.74) is 3.56. The van der Waals surface area contributed by atoms with Crippen LogP contribution in [-0.4, -0.2) is 49.3 Å². The largest absolute Gasteiger partial charge is 0.438 e. The number of nitrogens with one attached hydrogen (secondary N) is 4. The van der Waals surface area contributed by atoms with Gasteiger partial charge in [-0.25, -0.2) is 14.5 Å². The van der Waals surface area contributed by atoms with E-state index >= 15 is 0 Å². The van der Waals surface area contributed by atoms with Crippen LogP contribution >= 0.6 is 7.14 Å². The van der Waals surface area contributed by atoms with E-state index in [9.17, 15) is 9.36 Å². The highest BCUT2D eigenvalue weighted by Gasteiger charge is 2.23. The quantitative estimate of drug-likeness (QED) is 0.116. The molecule has 0 radical (unpaired) electrons. The highest BCUT2D eigenvalue weighted by atomic mass is 31.2. The van der Waals surface area contributed by atoms with Crippen molar-refractivity contribution >= 4 is 63.3 Å². The second kappa shape index (κ2) is 12.8. The lowest BCUT2D eigenvalue weighted by atomic mass is 9.92. The zero-order valence-electron chi connectivity index (χ0n) is 28.2. The summed E-state index contributed by atoms with van der Waals surface area (Å²) < 4.78 is 20.8. The van der Waals surface area contributed by atoms with Crippen molar-refractivity contribution < 1.29 is 14.1 Å². The minimum Gasteiger partial charge on any atom is -0.438 e. The molecule has 3 heterocycles. The van der Waals surface area contributed by atoms with Gasteiger partial charge in [0.15, 0.2) is 0 Å². The molecule has 0 saturated carbocycles. The molecule has 0 aliphatic heterocycles. The molecule has 4 N–H and O–H groups in total. The van der Waals surface area contributed by atoms with E-state index in [-0.39, 0.29) is 5.41 Å². The maximum atomic E-state index is 13.5. The van der Waals surface area contributed by atoms with Gasteiger partial charge >= 0.3 is 6.03 Å². The number of hydrogen-bond donors (Lipinski definition) is 4. The lowest BCUT2D eigenvalue weighted by Crippen LogP contribution is -2.21. The van der Waals surface area contributed by atoms with Crippen LogP contribution in [0.2, 0.25) is 0 Å². The molecule has 2 amide bonds. The normalized spacial score (nSPS) is 11.9. The van der Waals surface area contributed by atoms with Gasteiger partial charge in [0, 0.05) is 50.9 Å². The molecule has 3 aromatic heterocycles. The van der Waals surface area contributed by atoms with Crippen molar-refractivity contribution in [3.8, 4) is 17.3 Å². The monoisotopic (exact) mass is 685 g/mol. The van der Waals surface area contributed by atoms with Crippen molar-refractivity contribution in [3.63, 3.8) is 0 Å². The number of urea groups is 1. The van der Waals surface area contributed by atoms with Gasteiger partial charge < -0.3 is 19.9 Å². The molecule has 252 valence electrons. The number of carbonyl (C=O) groups excluding carboxylic acids is 1. The summed E-state index contributed by atoms with van der Waals surface area (Å²) >= 11 is 0. The SMILES string of the molecule is CC(C)(C)c1cc(NC(=O)Nc2ccc(Oc3ccnc(Nc4ccc5[nH]ncc5c4)n3)c3ccccc23)n(-c2cccc(P(C)(C)=O)c2)n1. The van der Waals surface area contributed by atoms with Crippen LogP contribution < -0.4 is 26.0 Å². The number of benzene rings is 4. The molecule has 0 saturated heterocycles. The van der Waals surface area contributed by atoms with Crippen molar-refractivity contribution in [1.29, 1.82) is 0 Å². The molecule has 13 heteroatoms. The second-order valence-electron chi connectivity index (χ2n) is 13.3. The molecule has 0 spiro atoms. The van der Waals surface area contributed by atoms with Crippen LogP contribution in [0.5, 0.6) is 11.6 Å². The van der Waals surface area contributed by atoms with Crippen LogP contribution in [0, 0.1) is 0 Å². The van der Waals surface area contributed by atoms with Crippen LogP contribution in [0.4, 0.5) is 27.9 Å². The number of carbonyl (C=O) groups is 1. The standard InChI is InChI=1S/C37H36N9O3P/c1-37(2,3)32-21-33(46(45-32)25-9-8-10-26(20-25)50(4,5)48)42-36(47)41-30-15-16-31(28-12-7-6-11-27(28)30)49-34-17-18-38-35(43-34)40-24-13-14-29-23(19-24)22-39-44-29/h6-22H,1-5H3,(H,39,44)(H,38,40,43)(H2,41,42,47). The van der Waals surface area contributed by atoms with E-state index in [4.69, 9.17) is 9.84 Å². The predicted molar refractivity (Wildman–Crippen MR) is 199 cm³/mol. The Morgan fingerprint density at radius 1 is 0.900 bits per heavy atom. The van der Waals surface area contributed by atoms with Crippen LogP contribution in [-0.2, 0) is 9.98 Å². The summed E-state index contributed by atoms with van der Waals surface area (Å²) in [5, 5.41) is 24.3. The summed E-state index contributed by atoms with van der Waals surface area (Å²) in [5.74, 6) is 1.77. The number of fused-ring (bicyclic) bond motifs is 2. The third-order valence-electron chi connectivity index (χ3n) is 8.09. The van der Waals surface area contributed by atoms with E-state index in [2.05, 4.69) is 56.9 Å². The number of rotatable bonds is 8. The molecule has 0 bridgehead atoms. The summed E-state index contributed by atoms with van der Waals surface area (Å²) in [4.78, 5) is 22.4. The van der Waals surface area contributed by atoms with E-state index in [0.29, 0.717) is 34.8 Å². The van der Waals surface area contributed by atoms with Crippen molar-refractivity contribution in [2.45, 2.75) is 26.2 Å². The number of hydrogen-bond acceptors (Lipinski definition) is 8. The molecule has 50 heavy (non-hydrogen) atoms. The first-order valence-electron chi connectivity index (χ1n) is 16.0. The van der Waals surface area contributed by atoms with Gasteiger partial charge in [0.25, 0.3) is 0 Å². The molecule has 0 unspecified atom stereocenters. The Morgan fingerprint density at radius 2 is 1.72 bits per heavy atom. The Morgan fingerprint density at radius 3 is 2.52 bits per heavy atom. The van der Waals surface area contributed by atoms with Gasteiger partial charge in [0.1, 0.15) is 18.7 Å². The molecule has 7 aromatic rings. The maximum Gasteiger partial charge on any atom is 0.324 e. The summed E-state index contributed by atoms with van der Waals surface area (Å²) in [6.45, 7) is 9.64. The van der Waals surface area contributed by atoms with Gasteiger partial charge in [-0.05, 0) is 55.8 Å². The third kappa shape index (κ3) is 6.92. The van der Waals surface area contributed by atoms with Gasteiger partial charge in [-0.3, -0.25) is 10.4 Å². The molecule has 0 atom stereocenters. The zero-order chi connectivity index (χ0) is 35.0. The molecule has 12 nitrogen and oxygen atoms in total. The van der Waals surface area contributed by atoms with E-state index in [1.165, 1.54) is 0 Å². The van der Waals surface area contributed by atoms with E-state index < -0.39 is 13.2 Å². The first-order chi connectivity index (χ1) is 23.9. The van der Waals surface area contributed by atoms with Crippen LogP contribution in [0.3, 0.4) is 0 Å². The number of nitrogens with zero attached hydrogens (tertiary/aromatic N) is 5. The molecule has 7 rings (SSSR count). The fourth-order valence-electron chi connectivity index (χ4n) is 5.45. The average molecular weight is 686 g/mol. The van der Waals surface area contributed by atoms with Gasteiger partial charge in [-0.2, -0.15) is 15.2 Å². The Kier molecular flexibility index (Phi) is 8.33. The maximum absolute atomic E-state index is 13.5. The number of ether oxygens (including phenoxy) is 1. The van der Waals surface area contributed by atoms with Crippen LogP contribution in [0.15, 0.2) is 103 Å². The summed E-state index contributed by atoms with van der Waals surface area (Å²) in [6, 6.07) is 27.6. The number of amides is 2. The van der Waals surface area contributed by atoms with Crippen molar-refractivity contribution in [2.75, 3.05) is 29.3 Å². The van der Waals surface area contributed by atoms with E-state index in [0.717, 1.165) is 38.4 Å². The first kappa shape index (κ1) is 32.5. The van der Waals surface area contributed by atoms with Gasteiger partial charge in [-0.15, -0.1) is 0 Å². The molecule has 4 aromatic carbocycles. The highest BCUT2D eigenvalue weighted by Crippen LogP contribution is 2.36. The number of anilines is 4. The Hall–Kier alpha value is -6.00. The Bertz CT molecular complexity index is 2420. The van der Waals surface area contributed by atoms with Gasteiger partial charge in [0.2, 0.25) is 11.8 Å². The zero-order valence-corrected chi connectivity index (χ0v) is 29.1. The topological polar surface area (TPSA) is 152 Å². The van der Waals surface area contributed by atoms with Crippen molar-refractivity contribution in [1.82, 2.24) is 29.9 Å². The number of aromatic nitrogens is 6. The third-order valence-corrected chi connectivity index (χ3v) is 9.61. The van der Waals surface area contributed by atoms with Crippen LogP contribution in [0.1, 0.15) is 26.5 Å². The fourth-order valence-corrected chi connectivity index (χ4v) is 6.34. The second-order valence-corrected chi connectivity index (χ2v) is 16.5.